The van der Waals surface area contributed by atoms with Crippen molar-refractivity contribution < 1.29 is 13.2 Å². The van der Waals surface area contributed by atoms with E-state index in [1.807, 2.05) is 6.92 Å². The van der Waals surface area contributed by atoms with Crippen LogP contribution in [0.25, 0.3) is 0 Å². The van der Waals surface area contributed by atoms with Gasteiger partial charge in [0, 0.05) is 6.54 Å². The third-order valence-corrected chi connectivity index (χ3v) is 4.88. The van der Waals surface area contributed by atoms with E-state index in [9.17, 15) is 8.42 Å². The zero-order valence-electron chi connectivity index (χ0n) is 15.9. The molecule has 0 aliphatic heterocycles. The second-order valence-corrected chi connectivity index (χ2v) is 7.95. The highest BCUT2D eigenvalue weighted by Crippen LogP contribution is 2.32. The quantitative estimate of drug-likeness (QED) is 0.509. The minimum atomic E-state index is -3.71. The number of allylic oxidation sites excluding steroid dienone is 2. The first-order valence-corrected chi connectivity index (χ1v) is 10.5. The van der Waals surface area contributed by atoms with E-state index in [1.54, 1.807) is 30.5 Å². The van der Waals surface area contributed by atoms with Gasteiger partial charge in [-0.05, 0) is 43.5 Å². The number of benzene rings is 1. The Morgan fingerprint density at radius 2 is 2.14 bits per heavy atom. The molecule has 1 heterocycles. The number of nitrogens with one attached hydrogen (secondary N) is 1. The molecule has 9 heteroatoms. The second-order valence-electron chi connectivity index (χ2n) is 6.39. The lowest BCUT2D eigenvalue weighted by molar-refractivity contribution is 0.292. The average molecular weight is 411 g/mol. The molecule has 1 fully saturated rings. The van der Waals surface area contributed by atoms with E-state index < -0.39 is 10.0 Å². The minimum absolute atomic E-state index is 0.0604. The smallest absolute Gasteiger partial charge is 0.245 e. The largest absolute Gasteiger partial charge is 0.473 e. The molecule has 1 aromatic carbocycles. The van der Waals surface area contributed by atoms with Crippen LogP contribution in [-0.2, 0) is 16.6 Å². The second kappa shape index (κ2) is 8.86. The van der Waals surface area contributed by atoms with Gasteiger partial charge in [0.25, 0.3) is 0 Å². The fourth-order valence-corrected chi connectivity index (χ4v) is 2.85. The van der Waals surface area contributed by atoms with Gasteiger partial charge < -0.3 is 10.1 Å². The first-order chi connectivity index (χ1) is 13.9. The van der Waals surface area contributed by atoms with E-state index in [-0.39, 0.29) is 11.0 Å². The molecule has 0 saturated heterocycles. The van der Waals surface area contributed by atoms with Crippen molar-refractivity contribution in [3.63, 3.8) is 0 Å². The molecule has 1 saturated carbocycles. The lowest BCUT2D eigenvalue weighted by atomic mass is 10.2. The number of sulfonamides is 1. The Balaban J connectivity index is 1.77. The van der Waals surface area contributed by atoms with Crippen LogP contribution >= 0.6 is 0 Å². The summed E-state index contributed by atoms with van der Waals surface area (Å²) in [6, 6.07) is 6.25. The molecule has 0 radical (unpaired) electrons. The van der Waals surface area contributed by atoms with E-state index in [0.29, 0.717) is 29.8 Å². The normalized spacial score (nSPS) is 14.6. The first kappa shape index (κ1) is 20.5. The molecule has 3 N–H and O–H groups in total. The number of hydrogen-bond acceptors (Lipinski definition) is 7. The van der Waals surface area contributed by atoms with Gasteiger partial charge in [0.15, 0.2) is 0 Å². The number of primary sulfonamides is 1. The van der Waals surface area contributed by atoms with Gasteiger partial charge in [0.05, 0.1) is 11.1 Å². The molecule has 1 aliphatic carbocycles. The molecule has 0 spiro atoms. The standard InChI is InChI=1S/C20H21N5O3S/c1-3-5-15(4-2)24-18-13-23-20(25-19(18)28-16-8-9-16)22-12-14-6-10-17(11-7-14)29(21,26)27/h2-3,5-7,10-11,13,16H,8-9,12H2,1H3,(H2,21,26,27)(H,22,23,25)/b5-3-,24-15?. The van der Waals surface area contributed by atoms with E-state index in [1.165, 1.54) is 12.1 Å². The Bertz CT molecular complexity index is 1080. The number of aliphatic imine (C=N–C) groups is 1. The van der Waals surface area contributed by atoms with E-state index in [4.69, 9.17) is 16.3 Å². The molecule has 29 heavy (non-hydrogen) atoms. The number of terminal acetylenes is 1. The van der Waals surface area contributed by atoms with Gasteiger partial charge in [-0.2, -0.15) is 4.98 Å². The van der Waals surface area contributed by atoms with Gasteiger partial charge in [0.2, 0.25) is 21.9 Å². The van der Waals surface area contributed by atoms with Crippen LogP contribution in [0.3, 0.4) is 0 Å². The number of ether oxygens (including phenoxy) is 1. The number of nitrogens with two attached hydrogens (primary N) is 1. The van der Waals surface area contributed by atoms with Crippen LogP contribution in [0.2, 0.25) is 0 Å². The average Bonchev–Trinajstić information content (AvgIpc) is 3.51. The fraction of sp³-hybridized carbons (Fsp3) is 0.250. The van der Waals surface area contributed by atoms with Crippen molar-refractivity contribution in [1.82, 2.24) is 9.97 Å². The third kappa shape index (κ3) is 5.88. The zero-order valence-corrected chi connectivity index (χ0v) is 16.7. The molecule has 0 bridgehead atoms. The summed E-state index contributed by atoms with van der Waals surface area (Å²) >= 11 is 0. The number of anilines is 1. The van der Waals surface area contributed by atoms with E-state index in [2.05, 4.69) is 26.2 Å². The summed E-state index contributed by atoms with van der Waals surface area (Å²) in [7, 11) is -3.71. The number of rotatable bonds is 8. The maximum atomic E-state index is 11.3. The van der Waals surface area contributed by atoms with Crippen LogP contribution in [0, 0.1) is 12.3 Å². The third-order valence-electron chi connectivity index (χ3n) is 3.95. The summed E-state index contributed by atoms with van der Waals surface area (Å²) in [5, 5.41) is 8.19. The predicted octanol–water partition coefficient (Wildman–Crippen LogP) is 2.56. The lowest BCUT2D eigenvalue weighted by Crippen LogP contribution is -2.12. The van der Waals surface area contributed by atoms with Gasteiger partial charge in [-0.25, -0.2) is 23.5 Å². The maximum Gasteiger partial charge on any atom is 0.245 e. The lowest BCUT2D eigenvalue weighted by Gasteiger charge is -2.10. The van der Waals surface area contributed by atoms with Crippen molar-refractivity contribution in [2.45, 2.75) is 37.3 Å². The summed E-state index contributed by atoms with van der Waals surface area (Å²) in [6.07, 6.45) is 12.6. The summed E-state index contributed by atoms with van der Waals surface area (Å²) in [4.78, 5) is 13.1. The summed E-state index contributed by atoms with van der Waals surface area (Å²) in [6.45, 7) is 2.25. The molecular weight excluding hydrogens is 390 g/mol. The van der Waals surface area contributed by atoms with Gasteiger partial charge in [0.1, 0.15) is 17.5 Å². The molecule has 0 atom stereocenters. The van der Waals surface area contributed by atoms with Crippen molar-refractivity contribution in [2.75, 3.05) is 5.32 Å². The minimum Gasteiger partial charge on any atom is -0.473 e. The van der Waals surface area contributed by atoms with E-state index in [0.717, 1.165) is 18.4 Å². The Labute approximate surface area is 170 Å². The molecule has 1 aliphatic rings. The summed E-state index contributed by atoms with van der Waals surface area (Å²) < 4.78 is 28.5. The highest BCUT2D eigenvalue weighted by atomic mass is 32.2. The van der Waals surface area contributed by atoms with Crippen molar-refractivity contribution in [1.29, 1.82) is 0 Å². The molecule has 2 aromatic rings. The zero-order chi connectivity index (χ0) is 20.9. The monoisotopic (exact) mass is 411 g/mol. The van der Waals surface area contributed by atoms with E-state index >= 15 is 0 Å². The van der Waals surface area contributed by atoms with Gasteiger partial charge >= 0.3 is 0 Å². The van der Waals surface area contributed by atoms with Crippen molar-refractivity contribution in [3.05, 3.63) is 48.2 Å². The van der Waals surface area contributed by atoms with Gasteiger partial charge in [-0.1, -0.05) is 24.1 Å². The van der Waals surface area contributed by atoms with Crippen LogP contribution in [0.1, 0.15) is 25.3 Å². The number of aromatic nitrogens is 2. The molecule has 0 amide bonds. The van der Waals surface area contributed by atoms with Gasteiger partial charge in [-0.3, -0.25) is 0 Å². The molecule has 8 nitrogen and oxygen atoms in total. The Hall–Kier alpha value is -3.22. The van der Waals surface area contributed by atoms with Crippen LogP contribution in [-0.4, -0.2) is 30.2 Å². The predicted molar refractivity (Wildman–Crippen MR) is 112 cm³/mol. The molecule has 1 aromatic heterocycles. The van der Waals surface area contributed by atoms with Crippen molar-refractivity contribution in [3.8, 4) is 18.2 Å². The summed E-state index contributed by atoms with van der Waals surface area (Å²) in [5.74, 6) is 3.24. The molecular formula is C20H21N5O3S. The van der Waals surface area contributed by atoms with Crippen LogP contribution in [0.5, 0.6) is 5.88 Å². The summed E-state index contributed by atoms with van der Waals surface area (Å²) in [5.41, 5.74) is 1.76. The number of nitrogens with zero attached hydrogens (tertiary/aromatic N) is 3. The Morgan fingerprint density at radius 1 is 1.41 bits per heavy atom. The topological polar surface area (TPSA) is 120 Å². The Kier molecular flexibility index (Phi) is 6.26. The van der Waals surface area contributed by atoms with Crippen molar-refractivity contribution in [2.24, 2.45) is 10.1 Å². The highest BCUT2D eigenvalue weighted by Gasteiger charge is 2.25. The SMILES string of the molecule is C#CC(/C=C\C)=Nc1cnc(NCc2ccc(S(N)(=O)=O)cc2)nc1OC1CC1. The molecule has 150 valence electrons. The van der Waals surface area contributed by atoms with Crippen LogP contribution in [0.4, 0.5) is 11.6 Å². The van der Waals surface area contributed by atoms with Crippen molar-refractivity contribution >= 4 is 27.4 Å². The molecule has 0 unspecified atom stereocenters. The maximum absolute atomic E-state index is 11.3. The fourth-order valence-electron chi connectivity index (χ4n) is 2.34. The Morgan fingerprint density at radius 3 is 2.72 bits per heavy atom. The van der Waals surface area contributed by atoms with Crippen LogP contribution in [0.15, 0.2) is 52.5 Å². The molecule has 3 rings (SSSR count). The van der Waals surface area contributed by atoms with Crippen LogP contribution < -0.4 is 15.2 Å². The number of hydrogen-bond donors (Lipinski definition) is 2. The first-order valence-electron chi connectivity index (χ1n) is 8.96. The highest BCUT2D eigenvalue weighted by molar-refractivity contribution is 7.89. The van der Waals surface area contributed by atoms with Gasteiger partial charge in [-0.15, -0.1) is 6.42 Å².